The molecule has 16 heavy (non-hydrogen) atoms. The third-order valence-electron chi connectivity index (χ3n) is 3.69. The summed E-state index contributed by atoms with van der Waals surface area (Å²) in [6.45, 7) is 5.52. The number of hydrogen-bond acceptors (Lipinski definition) is 3. The van der Waals surface area contributed by atoms with Crippen molar-refractivity contribution in [3.63, 3.8) is 0 Å². The summed E-state index contributed by atoms with van der Waals surface area (Å²) in [7, 11) is 1.93. The van der Waals surface area contributed by atoms with Crippen LogP contribution in [0.1, 0.15) is 19.3 Å². The second kappa shape index (κ2) is 5.64. The van der Waals surface area contributed by atoms with Gasteiger partial charge in [-0.3, -0.25) is 9.69 Å². The van der Waals surface area contributed by atoms with Crippen molar-refractivity contribution in [2.45, 2.75) is 19.3 Å². The van der Waals surface area contributed by atoms with Crippen molar-refractivity contribution in [1.82, 2.24) is 9.80 Å². The summed E-state index contributed by atoms with van der Waals surface area (Å²) in [5.74, 6) is 0.675. The smallest absolute Gasteiger partial charge is 0.225 e. The van der Waals surface area contributed by atoms with E-state index in [0.717, 1.165) is 52.2 Å². The van der Waals surface area contributed by atoms with Crippen molar-refractivity contribution < 1.29 is 9.53 Å². The van der Waals surface area contributed by atoms with E-state index in [4.69, 9.17) is 4.74 Å². The zero-order valence-corrected chi connectivity index (χ0v) is 10.2. The Labute approximate surface area is 97.5 Å². The molecule has 1 aliphatic carbocycles. The lowest BCUT2D eigenvalue weighted by Crippen LogP contribution is -2.44. The van der Waals surface area contributed by atoms with Crippen LogP contribution in [-0.4, -0.2) is 62.1 Å². The van der Waals surface area contributed by atoms with Gasteiger partial charge in [-0.05, 0) is 12.8 Å². The number of carbonyl (C=O) groups is 1. The van der Waals surface area contributed by atoms with Crippen LogP contribution in [0.25, 0.3) is 0 Å². The molecule has 0 aromatic rings. The van der Waals surface area contributed by atoms with Gasteiger partial charge in [0.25, 0.3) is 0 Å². The van der Waals surface area contributed by atoms with Crippen LogP contribution in [0.3, 0.4) is 0 Å². The van der Waals surface area contributed by atoms with E-state index in [9.17, 15) is 4.79 Å². The van der Waals surface area contributed by atoms with Crippen molar-refractivity contribution in [2.75, 3.05) is 46.4 Å². The Balaban J connectivity index is 1.65. The van der Waals surface area contributed by atoms with E-state index in [1.807, 2.05) is 11.9 Å². The van der Waals surface area contributed by atoms with E-state index in [1.165, 1.54) is 6.42 Å². The molecular weight excluding hydrogens is 204 g/mol. The van der Waals surface area contributed by atoms with Crippen molar-refractivity contribution in [3.8, 4) is 0 Å². The van der Waals surface area contributed by atoms with Gasteiger partial charge in [0.1, 0.15) is 0 Å². The van der Waals surface area contributed by atoms with Crippen LogP contribution in [0.4, 0.5) is 0 Å². The number of hydrogen-bond donors (Lipinski definition) is 0. The van der Waals surface area contributed by atoms with Gasteiger partial charge < -0.3 is 9.64 Å². The van der Waals surface area contributed by atoms with E-state index in [-0.39, 0.29) is 0 Å². The summed E-state index contributed by atoms with van der Waals surface area (Å²) < 4.78 is 5.30. The fourth-order valence-corrected chi connectivity index (χ4v) is 2.19. The highest BCUT2D eigenvalue weighted by Crippen LogP contribution is 2.27. The Kier molecular flexibility index (Phi) is 4.18. The number of ether oxygens (including phenoxy) is 1. The van der Waals surface area contributed by atoms with Gasteiger partial charge >= 0.3 is 0 Å². The number of morpholine rings is 1. The van der Waals surface area contributed by atoms with Gasteiger partial charge in [0.15, 0.2) is 0 Å². The standard InChI is InChI=1S/C12H22N2O2/c1-13(12(15)11-3-2-4-11)5-6-14-7-9-16-10-8-14/h11H,2-10H2,1H3. The van der Waals surface area contributed by atoms with Crippen LogP contribution >= 0.6 is 0 Å². The van der Waals surface area contributed by atoms with E-state index in [0.29, 0.717) is 11.8 Å². The van der Waals surface area contributed by atoms with Crippen LogP contribution in [0.15, 0.2) is 0 Å². The lowest BCUT2D eigenvalue weighted by Gasteiger charge is -2.32. The van der Waals surface area contributed by atoms with E-state index < -0.39 is 0 Å². The Bertz CT molecular complexity index is 235. The average molecular weight is 226 g/mol. The molecule has 4 nitrogen and oxygen atoms in total. The highest BCUT2D eigenvalue weighted by molar-refractivity contribution is 5.79. The Morgan fingerprint density at radius 3 is 2.62 bits per heavy atom. The van der Waals surface area contributed by atoms with Gasteiger partial charge in [-0.25, -0.2) is 0 Å². The predicted molar refractivity (Wildman–Crippen MR) is 62.2 cm³/mol. The largest absolute Gasteiger partial charge is 0.379 e. The fourth-order valence-electron chi connectivity index (χ4n) is 2.19. The Morgan fingerprint density at radius 2 is 2.06 bits per heavy atom. The third kappa shape index (κ3) is 2.95. The first kappa shape index (κ1) is 11.9. The van der Waals surface area contributed by atoms with Gasteiger partial charge in [0.05, 0.1) is 13.2 Å². The van der Waals surface area contributed by atoms with Gasteiger partial charge in [-0.1, -0.05) is 6.42 Å². The summed E-state index contributed by atoms with van der Waals surface area (Å²) in [4.78, 5) is 16.2. The van der Waals surface area contributed by atoms with Crippen LogP contribution in [0, 0.1) is 5.92 Å². The Hall–Kier alpha value is -0.610. The topological polar surface area (TPSA) is 32.8 Å². The summed E-state index contributed by atoms with van der Waals surface area (Å²) in [6, 6.07) is 0. The minimum Gasteiger partial charge on any atom is -0.379 e. The maximum absolute atomic E-state index is 11.9. The average Bonchev–Trinajstić information content (AvgIpc) is 2.25. The normalized spacial score (nSPS) is 22.8. The minimum atomic E-state index is 0.328. The SMILES string of the molecule is CN(CCN1CCOCC1)C(=O)C1CCC1. The van der Waals surface area contributed by atoms with Gasteiger partial charge in [-0.15, -0.1) is 0 Å². The second-order valence-corrected chi connectivity index (χ2v) is 4.84. The molecule has 1 saturated carbocycles. The molecule has 0 aromatic heterocycles. The maximum Gasteiger partial charge on any atom is 0.225 e. The van der Waals surface area contributed by atoms with Crippen molar-refractivity contribution in [1.29, 1.82) is 0 Å². The monoisotopic (exact) mass is 226 g/mol. The van der Waals surface area contributed by atoms with Crippen LogP contribution < -0.4 is 0 Å². The molecule has 92 valence electrons. The number of likely N-dealkylation sites (N-methyl/N-ethyl adjacent to an activating group) is 1. The molecule has 4 heteroatoms. The third-order valence-corrected chi connectivity index (χ3v) is 3.69. The van der Waals surface area contributed by atoms with Crippen molar-refractivity contribution in [3.05, 3.63) is 0 Å². The lowest BCUT2D eigenvalue weighted by atomic mass is 9.84. The molecule has 2 aliphatic rings. The van der Waals surface area contributed by atoms with E-state index in [2.05, 4.69) is 4.90 Å². The molecule has 2 rings (SSSR count). The number of carbonyl (C=O) groups excluding carboxylic acids is 1. The summed E-state index contributed by atoms with van der Waals surface area (Å²) in [5, 5.41) is 0. The lowest BCUT2D eigenvalue weighted by molar-refractivity contribution is -0.137. The van der Waals surface area contributed by atoms with Gasteiger partial charge in [-0.2, -0.15) is 0 Å². The molecule has 0 N–H and O–H groups in total. The molecule has 0 radical (unpaired) electrons. The van der Waals surface area contributed by atoms with Crippen LogP contribution in [-0.2, 0) is 9.53 Å². The number of rotatable bonds is 4. The molecule has 0 aromatic carbocycles. The molecule has 1 amide bonds. The zero-order chi connectivity index (χ0) is 11.4. The van der Waals surface area contributed by atoms with Crippen LogP contribution in [0.5, 0.6) is 0 Å². The highest BCUT2D eigenvalue weighted by atomic mass is 16.5. The first-order valence-electron chi connectivity index (χ1n) is 6.32. The summed E-state index contributed by atoms with van der Waals surface area (Å²) in [5.41, 5.74) is 0. The number of amides is 1. The molecular formula is C12H22N2O2. The molecule has 1 heterocycles. The molecule has 0 spiro atoms. The van der Waals surface area contributed by atoms with Gasteiger partial charge in [0, 0.05) is 39.1 Å². The Morgan fingerprint density at radius 1 is 1.38 bits per heavy atom. The molecule has 0 bridgehead atoms. The van der Waals surface area contributed by atoms with Crippen molar-refractivity contribution >= 4 is 5.91 Å². The molecule has 1 aliphatic heterocycles. The molecule has 0 unspecified atom stereocenters. The molecule has 0 atom stereocenters. The molecule has 2 fully saturated rings. The van der Waals surface area contributed by atoms with Crippen molar-refractivity contribution in [2.24, 2.45) is 5.92 Å². The van der Waals surface area contributed by atoms with E-state index >= 15 is 0 Å². The maximum atomic E-state index is 11.9. The van der Waals surface area contributed by atoms with E-state index in [1.54, 1.807) is 0 Å². The predicted octanol–water partition coefficient (Wildman–Crippen LogP) is 0.577. The van der Waals surface area contributed by atoms with Crippen LogP contribution in [0.2, 0.25) is 0 Å². The molecule has 1 saturated heterocycles. The highest BCUT2D eigenvalue weighted by Gasteiger charge is 2.27. The first-order valence-corrected chi connectivity index (χ1v) is 6.32. The van der Waals surface area contributed by atoms with Gasteiger partial charge in [0.2, 0.25) is 5.91 Å². The minimum absolute atomic E-state index is 0.328. The zero-order valence-electron chi connectivity index (χ0n) is 10.2. The second-order valence-electron chi connectivity index (χ2n) is 4.84. The quantitative estimate of drug-likeness (QED) is 0.703. The summed E-state index contributed by atoms with van der Waals surface area (Å²) in [6.07, 6.45) is 3.43. The fraction of sp³-hybridized carbons (Fsp3) is 0.917. The summed E-state index contributed by atoms with van der Waals surface area (Å²) >= 11 is 0. The first-order chi connectivity index (χ1) is 7.77. The number of nitrogens with zero attached hydrogens (tertiary/aromatic N) is 2.